The molecule has 0 saturated carbocycles. The van der Waals surface area contributed by atoms with Crippen LogP contribution in [0.4, 0.5) is 0 Å². The quantitative estimate of drug-likeness (QED) is 0.631. The maximum absolute atomic E-state index is 13.1. The molecule has 1 aliphatic rings. The molecule has 0 radical (unpaired) electrons. The molecule has 3 aromatic carbocycles. The molecule has 0 heterocycles. The average molecular weight is 373 g/mol. The van der Waals surface area contributed by atoms with Gasteiger partial charge < -0.3 is 10.1 Å². The third-order valence-corrected chi connectivity index (χ3v) is 5.80. The first-order chi connectivity index (χ1) is 13.7. The SMILES string of the molecule is CC[C@@H](NC(=O)c1cc2ccccc2cc1OC)c1ccc2c(c1)CCCC2. The van der Waals surface area contributed by atoms with Gasteiger partial charge in [-0.15, -0.1) is 0 Å². The van der Waals surface area contributed by atoms with Crippen LogP contribution < -0.4 is 10.1 Å². The third kappa shape index (κ3) is 3.62. The first kappa shape index (κ1) is 18.5. The van der Waals surface area contributed by atoms with Gasteiger partial charge in [0.15, 0.2) is 0 Å². The van der Waals surface area contributed by atoms with Gasteiger partial charge in [0.2, 0.25) is 0 Å². The fourth-order valence-electron chi connectivity index (χ4n) is 4.19. The molecule has 0 unspecified atom stereocenters. The second-order valence-corrected chi connectivity index (χ2v) is 7.57. The lowest BCUT2D eigenvalue weighted by Crippen LogP contribution is -2.28. The van der Waals surface area contributed by atoms with Gasteiger partial charge in [-0.25, -0.2) is 0 Å². The molecule has 0 aliphatic heterocycles. The number of ether oxygens (including phenoxy) is 1. The van der Waals surface area contributed by atoms with Crippen LogP contribution in [-0.4, -0.2) is 13.0 Å². The van der Waals surface area contributed by atoms with E-state index >= 15 is 0 Å². The second kappa shape index (κ2) is 8.05. The summed E-state index contributed by atoms with van der Waals surface area (Å²) in [4.78, 5) is 13.1. The van der Waals surface area contributed by atoms with Gasteiger partial charge in [-0.05, 0) is 71.7 Å². The van der Waals surface area contributed by atoms with Crippen LogP contribution in [0.2, 0.25) is 0 Å². The van der Waals surface area contributed by atoms with Crippen molar-refractivity contribution in [3.8, 4) is 5.75 Å². The number of aryl methyl sites for hydroxylation is 2. The normalized spacial score (nSPS) is 14.4. The van der Waals surface area contributed by atoms with Crippen molar-refractivity contribution in [1.82, 2.24) is 5.32 Å². The van der Waals surface area contributed by atoms with Crippen molar-refractivity contribution < 1.29 is 9.53 Å². The van der Waals surface area contributed by atoms with Gasteiger partial charge in [0.25, 0.3) is 5.91 Å². The van der Waals surface area contributed by atoms with E-state index in [4.69, 9.17) is 4.74 Å². The van der Waals surface area contributed by atoms with Gasteiger partial charge in [-0.2, -0.15) is 0 Å². The number of nitrogens with one attached hydrogen (secondary N) is 1. The molecule has 0 saturated heterocycles. The van der Waals surface area contributed by atoms with Gasteiger partial charge in [-0.1, -0.05) is 49.4 Å². The largest absolute Gasteiger partial charge is 0.496 e. The van der Waals surface area contributed by atoms with E-state index in [2.05, 4.69) is 30.4 Å². The smallest absolute Gasteiger partial charge is 0.255 e. The van der Waals surface area contributed by atoms with E-state index in [1.165, 1.54) is 36.0 Å². The first-order valence-electron chi connectivity index (χ1n) is 10.2. The summed E-state index contributed by atoms with van der Waals surface area (Å²) in [5.41, 5.74) is 4.68. The fraction of sp³-hybridized carbons (Fsp3) is 0.320. The Kier molecular flexibility index (Phi) is 5.34. The van der Waals surface area contributed by atoms with Crippen LogP contribution in [0.15, 0.2) is 54.6 Å². The summed E-state index contributed by atoms with van der Waals surface area (Å²) >= 11 is 0. The molecule has 0 spiro atoms. The summed E-state index contributed by atoms with van der Waals surface area (Å²) in [6.07, 6.45) is 5.70. The molecule has 1 aliphatic carbocycles. The van der Waals surface area contributed by atoms with Crippen molar-refractivity contribution in [2.24, 2.45) is 0 Å². The van der Waals surface area contributed by atoms with Crippen LogP contribution in [0.1, 0.15) is 59.3 Å². The van der Waals surface area contributed by atoms with Crippen LogP contribution in [0, 0.1) is 0 Å². The highest BCUT2D eigenvalue weighted by atomic mass is 16.5. The number of rotatable bonds is 5. The number of carbonyl (C=O) groups is 1. The zero-order valence-electron chi connectivity index (χ0n) is 16.6. The van der Waals surface area contributed by atoms with Crippen LogP contribution in [0.5, 0.6) is 5.75 Å². The van der Waals surface area contributed by atoms with E-state index in [1.807, 2.05) is 36.4 Å². The highest BCUT2D eigenvalue weighted by molar-refractivity contribution is 6.01. The van der Waals surface area contributed by atoms with E-state index in [0.717, 1.165) is 23.6 Å². The molecule has 3 aromatic rings. The predicted molar refractivity (Wildman–Crippen MR) is 114 cm³/mol. The van der Waals surface area contributed by atoms with E-state index in [0.29, 0.717) is 11.3 Å². The number of hydrogen-bond donors (Lipinski definition) is 1. The molecule has 0 fully saturated rings. The number of methoxy groups -OCH3 is 1. The molecule has 3 heteroatoms. The molecular weight excluding hydrogens is 346 g/mol. The topological polar surface area (TPSA) is 38.3 Å². The minimum Gasteiger partial charge on any atom is -0.496 e. The summed E-state index contributed by atoms with van der Waals surface area (Å²) in [6.45, 7) is 2.11. The molecule has 0 bridgehead atoms. The van der Waals surface area contributed by atoms with Crippen LogP contribution in [0.25, 0.3) is 10.8 Å². The van der Waals surface area contributed by atoms with E-state index in [-0.39, 0.29) is 11.9 Å². The molecule has 28 heavy (non-hydrogen) atoms. The Labute approximate surface area is 166 Å². The lowest BCUT2D eigenvalue weighted by Gasteiger charge is -2.22. The van der Waals surface area contributed by atoms with Gasteiger partial charge in [0, 0.05) is 0 Å². The lowest BCUT2D eigenvalue weighted by molar-refractivity contribution is 0.0932. The van der Waals surface area contributed by atoms with Crippen molar-refractivity contribution in [3.63, 3.8) is 0 Å². The first-order valence-corrected chi connectivity index (χ1v) is 10.2. The summed E-state index contributed by atoms with van der Waals surface area (Å²) < 4.78 is 5.51. The zero-order chi connectivity index (χ0) is 19.5. The fourth-order valence-corrected chi connectivity index (χ4v) is 4.19. The number of benzene rings is 3. The molecule has 0 aromatic heterocycles. The summed E-state index contributed by atoms with van der Waals surface area (Å²) in [5, 5.41) is 5.33. The molecule has 1 N–H and O–H groups in total. The number of carbonyl (C=O) groups excluding carboxylic acids is 1. The predicted octanol–water partition coefficient (Wildman–Crippen LogP) is 5.61. The molecule has 144 valence electrons. The van der Waals surface area contributed by atoms with E-state index < -0.39 is 0 Å². The summed E-state index contributed by atoms with van der Waals surface area (Å²) in [5.74, 6) is 0.517. The van der Waals surface area contributed by atoms with Crippen molar-refractivity contribution in [2.75, 3.05) is 7.11 Å². The molecule has 3 nitrogen and oxygen atoms in total. The van der Waals surface area contributed by atoms with Gasteiger partial charge in [0.05, 0.1) is 18.7 Å². The van der Waals surface area contributed by atoms with Gasteiger partial charge in [-0.3, -0.25) is 4.79 Å². The lowest BCUT2D eigenvalue weighted by atomic mass is 9.88. The minimum atomic E-state index is -0.0906. The van der Waals surface area contributed by atoms with E-state index in [1.54, 1.807) is 7.11 Å². The number of fused-ring (bicyclic) bond motifs is 2. The van der Waals surface area contributed by atoms with Crippen LogP contribution in [-0.2, 0) is 12.8 Å². The standard InChI is InChI=1S/C25H27NO2/c1-3-23(21-13-12-17-8-4-5-9-18(17)14-21)26-25(27)22-15-19-10-6-7-11-20(19)16-24(22)28-2/h6-7,10-16,23H,3-5,8-9H2,1-2H3,(H,26,27)/t23-/m1/s1. The highest BCUT2D eigenvalue weighted by Crippen LogP contribution is 2.29. The average Bonchev–Trinajstić information content (AvgIpc) is 2.76. The maximum atomic E-state index is 13.1. The van der Waals surface area contributed by atoms with Gasteiger partial charge >= 0.3 is 0 Å². The zero-order valence-corrected chi connectivity index (χ0v) is 16.6. The summed E-state index contributed by atoms with van der Waals surface area (Å²) in [6, 6.07) is 18.6. The Morgan fingerprint density at radius 3 is 2.43 bits per heavy atom. The van der Waals surface area contributed by atoms with Crippen molar-refractivity contribution in [1.29, 1.82) is 0 Å². The monoisotopic (exact) mass is 373 g/mol. The van der Waals surface area contributed by atoms with Crippen LogP contribution >= 0.6 is 0 Å². The van der Waals surface area contributed by atoms with Crippen LogP contribution in [0.3, 0.4) is 0 Å². The Hall–Kier alpha value is -2.81. The molecule has 1 atom stereocenters. The highest BCUT2D eigenvalue weighted by Gasteiger charge is 2.19. The Bertz CT molecular complexity index is 1010. The number of hydrogen-bond acceptors (Lipinski definition) is 2. The summed E-state index contributed by atoms with van der Waals surface area (Å²) in [7, 11) is 1.61. The maximum Gasteiger partial charge on any atom is 0.255 e. The minimum absolute atomic E-state index is 0.00379. The second-order valence-electron chi connectivity index (χ2n) is 7.57. The Morgan fingerprint density at radius 2 is 1.71 bits per heavy atom. The van der Waals surface area contributed by atoms with Crippen molar-refractivity contribution in [2.45, 2.75) is 45.1 Å². The van der Waals surface area contributed by atoms with Crippen molar-refractivity contribution >= 4 is 16.7 Å². The molecule has 4 rings (SSSR count). The number of amides is 1. The van der Waals surface area contributed by atoms with E-state index in [9.17, 15) is 4.79 Å². The third-order valence-electron chi connectivity index (χ3n) is 5.80. The molecular formula is C25H27NO2. The van der Waals surface area contributed by atoms with Crippen molar-refractivity contribution in [3.05, 3.63) is 76.9 Å². The molecule has 1 amide bonds. The Morgan fingerprint density at radius 1 is 1.00 bits per heavy atom. The van der Waals surface area contributed by atoms with Gasteiger partial charge in [0.1, 0.15) is 5.75 Å². The Balaban J connectivity index is 1.62.